The average Bonchev–Trinajstić information content (AvgIpc) is 3.30. The van der Waals surface area contributed by atoms with E-state index in [0.29, 0.717) is 12.1 Å². The third-order valence-electron chi connectivity index (χ3n) is 7.59. The molecule has 0 saturated heterocycles. The van der Waals surface area contributed by atoms with E-state index in [1.54, 1.807) is 13.1 Å². The second-order valence-electron chi connectivity index (χ2n) is 10.9. The molecule has 1 heterocycles. The Morgan fingerprint density at radius 2 is 1.87 bits per heavy atom. The molecule has 0 aliphatic carbocycles. The van der Waals surface area contributed by atoms with Crippen molar-refractivity contribution in [3.63, 3.8) is 0 Å². The van der Waals surface area contributed by atoms with Crippen molar-refractivity contribution < 1.29 is 32.1 Å². The van der Waals surface area contributed by atoms with Gasteiger partial charge in [-0.05, 0) is 63.9 Å². The molecule has 7 heteroatoms. The van der Waals surface area contributed by atoms with Crippen LogP contribution in [0, 0.1) is 5.92 Å². The Kier molecular flexibility index (Phi) is 17.5. The van der Waals surface area contributed by atoms with Gasteiger partial charge in [-0.15, -0.1) is 6.58 Å². The third-order valence-corrected chi connectivity index (χ3v) is 7.59. The van der Waals surface area contributed by atoms with Gasteiger partial charge in [0.15, 0.2) is 12.8 Å². The zero-order valence-corrected chi connectivity index (χ0v) is 24.8. The topological polar surface area (TPSA) is 138 Å². The predicted molar refractivity (Wildman–Crippen MR) is 156 cm³/mol. The maximum atomic E-state index is 10.2. The maximum Gasteiger partial charge on any atom is 0.258 e. The van der Waals surface area contributed by atoms with Gasteiger partial charge < -0.3 is 31.4 Å². The van der Waals surface area contributed by atoms with Crippen LogP contribution in [0.1, 0.15) is 109 Å². The first-order valence-electron chi connectivity index (χ1n) is 14.8. The molecule has 0 aliphatic rings. The van der Waals surface area contributed by atoms with Gasteiger partial charge in [-0.2, -0.15) is 0 Å². The van der Waals surface area contributed by atoms with Gasteiger partial charge in [-0.3, -0.25) is 5.32 Å². The van der Waals surface area contributed by atoms with Gasteiger partial charge in [0, 0.05) is 36.5 Å². The zero-order chi connectivity index (χ0) is 28.5. The highest BCUT2D eigenvalue weighted by Gasteiger charge is 2.20. The van der Waals surface area contributed by atoms with Gasteiger partial charge in [0.2, 0.25) is 0 Å². The second kappa shape index (κ2) is 19.3. The first-order chi connectivity index (χ1) is 18.2. The van der Waals surface area contributed by atoms with Crippen molar-refractivity contribution in [2.45, 2.75) is 117 Å². The fourth-order valence-corrected chi connectivity index (χ4v) is 5.10. The molecule has 7 nitrogen and oxygen atoms in total. The SMILES string of the molecule is C=CCCC(CC)CCCC/C(C)=C/C/C(CC)=C(/CC[NH2+]C([NH3+])C[NH3+])c1cn(CC(C)O)cc1C(O)O. The molecular weight excluding hydrogens is 476 g/mol. The smallest absolute Gasteiger partial charge is 0.258 e. The molecule has 11 N–H and O–H groups in total. The van der Waals surface area contributed by atoms with Gasteiger partial charge in [-0.1, -0.05) is 56.4 Å². The first kappa shape index (κ1) is 34.3. The molecule has 0 radical (unpaired) electrons. The molecule has 0 saturated carbocycles. The number of hydrogen-bond donors (Lipinski definition) is 6. The fraction of sp³-hybridized carbons (Fsp3) is 0.677. The monoisotopic (exact) mass is 535 g/mol. The fourth-order valence-electron chi connectivity index (χ4n) is 5.10. The molecule has 38 heavy (non-hydrogen) atoms. The number of allylic oxidation sites excluding steroid dienone is 4. The number of hydrogen-bond acceptors (Lipinski definition) is 3. The van der Waals surface area contributed by atoms with Gasteiger partial charge in [0.25, 0.3) is 6.17 Å². The van der Waals surface area contributed by atoms with E-state index in [2.05, 4.69) is 50.2 Å². The van der Waals surface area contributed by atoms with Crippen LogP contribution in [0.5, 0.6) is 0 Å². The molecule has 0 aromatic carbocycles. The molecule has 0 fully saturated rings. The normalized spacial score (nSPS) is 15.5. The van der Waals surface area contributed by atoms with E-state index in [-0.39, 0.29) is 6.17 Å². The minimum absolute atomic E-state index is 0.204. The van der Waals surface area contributed by atoms with Crippen molar-refractivity contribution in [3.8, 4) is 0 Å². The standard InChI is InChI=1S/C31H56N4O3/c1-6-9-13-25(7-2)14-11-10-12-23(4)15-16-26(8-3)27(17-18-34-30(33)19-32)28-21-35(20-24(5)36)22-29(28)31(37)38/h6,15,21-22,24-25,30-31,34,36-38H,1,7-14,16-20,32-33H2,2-5H3/p+3/b23-15+,27-26-. The highest BCUT2D eigenvalue weighted by Crippen LogP contribution is 2.32. The lowest BCUT2D eigenvalue weighted by atomic mass is 9.91. The van der Waals surface area contributed by atoms with Crippen LogP contribution in [0.2, 0.25) is 0 Å². The molecule has 0 bridgehead atoms. The van der Waals surface area contributed by atoms with Crippen LogP contribution >= 0.6 is 0 Å². The van der Waals surface area contributed by atoms with Crippen LogP contribution < -0.4 is 16.8 Å². The lowest BCUT2D eigenvalue weighted by Crippen LogP contribution is -3.05. The van der Waals surface area contributed by atoms with Crippen molar-refractivity contribution in [1.29, 1.82) is 0 Å². The average molecular weight is 536 g/mol. The molecule has 0 spiro atoms. The maximum absolute atomic E-state index is 10.2. The highest BCUT2D eigenvalue weighted by molar-refractivity contribution is 5.71. The van der Waals surface area contributed by atoms with E-state index in [0.717, 1.165) is 56.7 Å². The Morgan fingerprint density at radius 1 is 1.13 bits per heavy atom. The Labute approximate surface area is 231 Å². The van der Waals surface area contributed by atoms with E-state index in [1.807, 2.05) is 16.8 Å². The molecule has 0 amide bonds. The number of quaternary nitrogens is 3. The Morgan fingerprint density at radius 3 is 2.45 bits per heavy atom. The number of unbranched alkanes of at least 4 members (excludes halogenated alkanes) is 1. The summed E-state index contributed by atoms with van der Waals surface area (Å²) in [5.74, 6) is 0.810. The first-order valence-corrected chi connectivity index (χ1v) is 14.8. The molecule has 1 aromatic rings. The summed E-state index contributed by atoms with van der Waals surface area (Å²) in [6.07, 6.45) is 17.3. The number of aliphatic hydroxyl groups is 3. The van der Waals surface area contributed by atoms with Crippen LogP contribution in [0.4, 0.5) is 0 Å². The summed E-state index contributed by atoms with van der Waals surface area (Å²) in [4.78, 5) is 0. The number of aliphatic hydroxyl groups excluding tert-OH is 2. The van der Waals surface area contributed by atoms with E-state index in [9.17, 15) is 15.3 Å². The van der Waals surface area contributed by atoms with E-state index >= 15 is 0 Å². The largest absolute Gasteiger partial charge is 0.392 e. The van der Waals surface area contributed by atoms with Gasteiger partial charge in [-0.25, -0.2) is 0 Å². The van der Waals surface area contributed by atoms with E-state index in [1.165, 1.54) is 48.8 Å². The summed E-state index contributed by atoms with van der Waals surface area (Å²) in [5, 5.41) is 32.4. The summed E-state index contributed by atoms with van der Waals surface area (Å²) in [6.45, 7) is 14.3. The second-order valence-corrected chi connectivity index (χ2v) is 10.9. The molecule has 0 aliphatic heterocycles. The molecule has 1 rings (SSSR count). The minimum Gasteiger partial charge on any atom is -0.392 e. The summed E-state index contributed by atoms with van der Waals surface area (Å²) in [5.41, 5.74) is 13.4. The van der Waals surface area contributed by atoms with E-state index < -0.39 is 12.4 Å². The van der Waals surface area contributed by atoms with Crippen LogP contribution in [0.25, 0.3) is 5.57 Å². The molecular formula is C31H59N4O3+3. The van der Waals surface area contributed by atoms with Crippen molar-refractivity contribution in [2.75, 3.05) is 13.1 Å². The summed E-state index contributed by atoms with van der Waals surface area (Å²) in [6, 6.07) is 0. The van der Waals surface area contributed by atoms with Crippen molar-refractivity contribution >= 4 is 5.57 Å². The summed E-state index contributed by atoms with van der Waals surface area (Å²) in [7, 11) is 0. The van der Waals surface area contributed by atoms with Crippen molar-refractivity contribution in [2.24, 2.45) is 5.92 Å². The van der Waals surface area contributed by atoms with Crippen LogP contribution in [-0.2, 0) is 6.54 Å². The van der Waals surface area contributed by atoms with Crippen LogP contribution in [0.3, 0.4) is 0 Å². The molecule has 3 atom stereocenters. The number of aromatic nitrogens is 1. The minimum atomic E-state index is -1.56. The number of rotatable bonds is 21. The van der Waals surface area contributed by atoms with Crippen molar-refractivity contribution in [1.82, 2.24) is 4.57 Å². The summed E-state index contributed by atoms with van der Waals surface area (Å²) >= 11 is 0. The van der Waals surface area contributed by atoms with Crippen molar-refractivity contribution in [3.05, 3.63) is 53.4 Å². The summed E-state index contributed by atoms with van der Waals surface area (Å²) < 4.78 is 1.87. The Bertz CT molecular complexity index is 857. The van der Waals surface area contributed by atoms with Crippen LogP contribution in [0.15, 0.2) is 42.3 Å². The highest BCUT2D eigenvalue weighted by atomic mass is 16.5. The lowest BCUT2D eigenvalue weighted by Gasteiger charge is -2.16. The third kappa shape index (κ3) is 12.9. The zero-order valence-electron chi connectivity index (χ0n) is 24.8. The number of nitrogens with zero attached hydrogens (tertiary/aromatic N) is 1. The van der Waals surface area contributed by atoms with Gasteiger partial charge >= 0.3 is 0 Å². The Balaban J connectivity index is 3.08. The number of nitrogens with two attached hydrogens (primary N) is 1. The predicted octanol–water partition coefficient (Wildman–Crippen LogP) is 2.67. The van der Waals surface area contributed by atoms with Gasteiger partial charge in [0.05, 0.1) is 12.6 Å². The lowest BCUT2D eigenvalue weighted by molar-refractivity contribution is -0.826. The molecule has 3 unspecified atom stereocenters. The van der Waals surface area contributed by atoms with Crippen LogP contribution in [-0.4, -0.2) is 45.2 Å². The Hall–Kier alpha value is -1.74. The quantitative estimate of drug-likeness (QED) is 0.0820. The van der Waals surface area contributed by atoms with E-state index in [4.69, 9.17) is 0 Å². The molecule has 1 aromatic heterocycles. The van der Waals surface area contributed by atoms with Gasteiger partial charge in [0.1, 0.15) is 0 Å². The molecule has 218 valence electrons.